The summed E-state index contributed by atoms with van der Waals surface area (Å²) in [5, 5.41) is 11.5. The van der Waals surface area contributed by atoms with Gasteiger partial charge in [0, 0.05) is 25.6 Å². The molecule has 1 rings (SSSR count). The summed E-state index contributed by atoms with van der Waals surface area (Å²) in [6, 6.07) is 0.0398. The molecule has 0 aromatic heterocycles. The highest BCUT2D eigenvalue weighted by atomic mass is 16.4. The molecule has 1 atom stereocenters. The van der Waals surface area contributed by atoms with Crippen molar-refractivity contribution in [1.82, 2.24) is 10.2 Å². The van der Waals surface area contributed by atoms with Crippen LogP contribution in [0.4, 0.5) is 4.79 Å². The van der Waals surface area contributed by atoms with Crippen LogP contribution in [0.3, 0.4) is 0 Å². The van der Waals surface area contributed by atoms with E-state index in [1.807, 2.05) is 11.8 Å². The van der Waals surface area contributed by atoms with E-state index in [9.17, 15) is 9.59 Å². The first-order valence-corrected chi connectivity index (χ1v) is 7.80. The van der Waals surface area contributed by atoms with Crippen LogP contribution in [0.2, 0.25) is 0 Å². The number of nitrogens with one attached hydrogen (secondary N) is 1. The van der Waals surface area contributed by atoms with Crippen LogP contribution >= 0.6 is 0 Å². The number of aliphatic carboxylic acids is 1. The van der Waals surface area contributed by atoms with Gasteiger partial charge in [-0.05, 0) is 38.5 Å². The highest BCUT2D eigenvalue weighted by molar-refractivity contribution is 5.74. The third-order valence-corrected chi connectivity index (χ3v) is 4.00. The van der Waals surface area contributed by atoms with Gasteiger partial charge < -0.3 is 15.3 Å². The van der Waals surface area contributed by atoms with E-state index < -0.39 is 5.97 Å². The summed E-state index contributed by atoms with van der Waals surface area (Å²) in [4.78, 5) is 24.4. The molecule has 2 N–H and O–H groups in total. The molecule has 1 saturated heterocycles. The molecule has 1 aliphatic heterocycles. The van der Waals surface area contributed by atoms with Gasteiger partial charge in [0.05, 0.1) is 0 Å². The number of carbonyl (C=O) groups is 2. The van der Waals surface area contributed by atoms with E-state index in [2.05, 4.69) is 12.2 Å². The maximum absolute atomic E-state index is 12.1. The van der Waals surface area contributed by atoms with Gasteiger partial charge in [-0.1, -0.05) is 19.8 Å². The van der Waals surface area contributed by atoms with Gasteiger partial charge in [-0.15, -0.1) is 0 Å². The maximum atomic E-state index is 12.1. The minimum atomic E-state index is -0.776. The molecular weight excluding hydrogens is 256 g/mol. The van der Waals surface area contributed by atoms with Crippen molar-refractivity contribution < 1.29 is 14.7 Å². The number of carbonyl (C=O) groups excluding carboxylic acids is 1. The Morgan fingerprint density at radius 3 is 2.55 bits per heavy atom. The summed E-state index contributed by atoms with van der Waals surface area (Å²) in [5.41, 5.74) is 0. The fourth-order valence-corrected chi connectivity index (χ4v) is 2.77. The Morgan fingerprint density at radius 2 is 2.00 bits per heavy atom. The number of likely N-dealkylation sites (tertiary alicyclic amines) is 1. The van der Waals surface area contributed by atoms with E-state index in [1.54, 1.807) is 0 Å². The lowest BCUT2D eigenvalue weighted by Gasteiger charge is -2.32. The van der Waals surface area contributed by atoms with Crippen molar-refractivity contribution in [3.63, 3.8) is 0 Å². The number of carboxylic acids is 1. The second-order valence-corrected chi connectivity index (χ2v) is 5.86. The van der Waals surface area contributed by atoms with Crippen LogP contribution in [0.25, 0.3) is 0 Å². The highest BCUT2D eigenvalue weighted by Crippen LogP contribution is 2.21. The second kappa shape index (κ2) is 8.82. The fourth-order valence-electron chi connectivity index (χ4n) is 2.77. The highest BCUT2D eigenvalue weighted by Gasteiger charge is 2.22. The van der Waals surface area contributed by atoms with Crippen LogP contribution in [0, 0.1) is 5.92 Å². The van der Waals surface area contributed by atoms with Crippen molar-refractivity contribution in [2.24, 2.45) is 5.92 Å². The molecule has 0 saturated carbocycles. The van der Waals surface area contributed by atoms with Crippen molar-refractivity contribution in [3.8, 4) is 0 Å². The zero-order valence-electron chi connectivity index (χ0n) is 12.7. The number of amides is 2. The predicted octanol–water partition coefficient (Wildman–Crippen LogP) is 2.85. The first-order valence-electron chi connectivity index (χ1n) is 7.80. The number of urea groups is 1. The normalized spacial score (nSPS) is 17.8. The second-order valence-electron chi connectivity index (χ2n) is 5.86. The zero-order valence-corrected chi connectivity index (χ0v) is 12.7. The summed E-state index contributed by atoms with van der Waals surface area (Å²) in [6.07, 6.45) is 6.18. The smallest absolute Gasteiger partial charge is 0.317 e. The molecule has 0 radical (unpaired) electrons. The summed E-state index contributed by atoms with van der Waals surface area (Å²) in [7, 11) is 0. The number of nitrogens with zero attached hydrogens (tertiary/aromatic N) is 1. The Morgan fingerprint density at radius 1 is 1.35 bits per heavy atom. The Hall–Kier alpha value is -1.26. The monoisotopic (exact) mass is 284 g/mol. The van der Waals surface area contributed by atoms with Gasteiger partial charge in [-0.2, -0.15) is 0 Å². The van der Waals surface area contributed by atoms with Gasteiger partial charge in [0.25, 0.3) is 0 Å². The molecule has 1 aliphatic rings. The van der Waals surface area contributed by atoms with Crippen molar-refractivity contribution in [2.75, 3.05) is 13.1 Å². The topological polar surface area (TPSA) is 69.6 Å². The third-order valence-electron chi connectivity index (χ3n) is 4.00. The molecular formula is C15H28N2O3. The zero-order chi connectivity index (χ0) is 15.0. The molecule has 116 valence electrons. The van der Waals surface area contributed by atoms with Crippen LogP contribution in [0.1, 0.15) is 58.8 Å². The minimum Gasteiger partial charge on any atom is -0.481 e. The van der Waals surface area contributed by atoms with Gasteiger partial charge in [0.1, 0.15) is 0 Å². The molecule has 2 amide bonds. The lowest BCUT2D eigenvalue weighted by atomic mass is 9.93. The van der Waals surface area contributed by atoms with Crippen LogP contribution in [0.15, 0.2) is 0 Å². The average Bonchev–Trinajstić information content (AvgIpc) is 2.39. The summed E-state index contributed by atoms with van der Waals surface area (Å²) in [6.45, 7) is 5.83. The Labute approximate surface area is 121 Å². The molecule has 1 fully saturated rings. The molecule has 0 bridgehead atoms. The van der Waals surface area contributed by atoms with E-state index in [-0.39, 0.29) is 18.5 Å². The number of hydrogen-bond acceptors (Lipinski definition) is 2. The first-order chi connectivity index (χ1) is 9.52. The average molecular weight is 284 g/mol. The molecule has 0 spiro atoms. The molecule has 0 aliphatic carbocycles. The van der Waals surface area contributed by atoms with E-state index in [0.717, 1.165) is 31.8 Å². The van der Waals surface area contributed by atoms with Gasteiger partial charge in [0.15, 0.2) is 0 Å². The van der Waals surface area contributed by atoms with Crippen LogP contribution in [-0.2, 0) is 4.79 Å². The first kappa shape index (κ1) is 16.8. The van der Waals surface area contributed by atoms with Crippen LogP contribution < -0.4 is 5.32 Å². The quantitative estimate of drug-likeness (QED) is 0.755. The lowest BCUT2D eigenvalue weighted by molar-refractivity contribution is -0.137. The number of carboxylic acid groups (broad SMARTS) is 1. The number of hydrogen-bond donors (Lipinski definition) is 2. The van der Waals surface area contributed by atoms with Crippen molar-refractivity contribution in [3.05, 3.63) is 0 Å². The maximum Gasteiger partial charge on any atom is 0.317 e. The Balaban J connectivity index is 2.20. The molecule has 20 heavy (non-hydrogen) atoms. The van der Waals surface area contributed by atoms with E-state index in [4.69, 9.17) is 5.11 Å². The molecule has 0 aromatic carbocycles. The summed E-state index contributed by atoms with van der Waals surface area (Å²) >= 11 is 0. The molecule has 1 unspecified atom stereocenters. The van der Waals surface area contributed by atoms with E-state index in [0.29, 0.717) is 12.8 Å². The molecule has 1 heterocycles. The standard InChI is InChI=1S/C15H28N2O3/c1-3-5-13-8-10-17(11-9-13)15(20)16-12(2)6-4-7-14(18)19/h12-13H,3-11H2,1-2H3,(H,16,20)(H,18,19). The van der Waals surface area contributed by atoms with Gasteiger partial charge in [0.2, 0.25) is 0 Å². The molecule has 5 nitrogen and oxygen atoms in total. The fraction of sp³-hybridized carbons (Fsp3) is 0.867. The third kappa shape index (κ3) is 6.26. The van der Waals surface area contributed by atoms with Gasteiger partial charge in [-0.25, -0.2) is 4.79 Å². The lowest BCUT2D eigenvalue weighted by Crippen LogP contribution is -2.47. The molecule has 5 heteroatoms. The summed E-state index contributed by atoms with van der Waals surface area (Å²) in [5.74, 6) is -0.00133. The Bertz CT molecular complexity index is 312. The Kier molecular flexibility index (Phi) is 7.41. The van der Waals surface area contributed by atoms with Crippen molar-refractivity contribution in [1.29, 1.82) is 0 Å². The van der Waals surface area contributed by atoms with E-state index >= 15 is 0 Å². The van der Waals surface area contributed by atoms with Gasteiger partial charge >= 0.3 is 12.0 Å². The van der Waals surface area contributed by atoms with Gasteiger partial charge in [-0.3, -0.25) is 4.79 Å². The minimum absolute atomic E-state index is 0.00257. The predicted molar refractivity (Wildman–Crippen MR) is 78.7 cm³/mol. The molecule has 0 aromatic rings. The van der Waals surface area contributed by atoms with Crippen molar-refractivity contribution >= 4 is 12.0 Å². The largest absolute Gasteiger partial charge is 0.481 e. The number of piperidine rings is 1. The number of rotatable bonds is 7. The van der Waals surface area contributed by atoms with E-state index in [1.165, 1.54) is 12.8 Å². The summed E-state index contributed by atoms with van der Waals surface area (Å²) < 4.78 is 0. The van der Waals surface area contributed by atoms with Crippen LogP contribution in [-0.4, -0.2) is 41.1 Å². The van der Waals surface area contributed by atoms with Crippen LogP contribution in [0.5, 0.6) is 0 Å². The SMILES string of the molecule is CCCC1CCN(C(=O)NC(C)CCCC(=O)O)CC1. The van der Waals surface area contributed by atoms with Crippen molar-refractivity contribution in [2.45, 2.75) is 64.8 Å².